The lowest BCUT2D eigenvalue weighted by molar-refractivity contribution is -0.180. The molecule has 0 bridgehead atoms. The first-order chi connectivity index (χ1) is 16.1. The van der Waals surface area contributed by atoms with Gasteiger partial charge >= 0.3 is 0 Å². The maximum Gasteiger partial charge on any atom is 0.190 e. The van der Waals surface area contributed by atoms with E-state index in [1.54, 1.807) is 0 Å². The Bertz CT molecular complexity index is 793. The summed E-state index contributed by atoms with van der Waals surface area (Å²) in [5.41, 5.74) is -2.41. The number of aliphatic hydroxyl groups is 3. The van der Waals surface area contributed by atoms with E-state index in [-0.39, 0.29) is 47.1 Å². The lowest BCUT2D eigenvalue weighted by Crippen LogP contribution is -2.62. The fraction of sp³-hybridized carbons (Fsp3) is 0.929. The molecule has 0 amide bonds. The van der Waals surface area contributed by atoms with Gasteiger partial charge in [0.15, 0.2) is 5.78 Å². The van der Waals surface area contributed by atoms with Crippen LogP contribution in [-0.4, -0.2) is 76.5 Å². The summed E-state index contributed by atoms with van der Waals surface area (Å²) in [6, 6.07) is 0. The summed E-state index contributed by atoms with van der Waals surface area (Å²) in [6.07, 6.45) is 5.47. The molecule has 0 aromatic carbocycles. The highest BCUT2D eigenvalue weighted by molar-refractivity contribution is 5.92. The molecule has 4 rings (SSSR count). The number of carbonyl (C=O) groups is 2. The SMILES string of the molecule is CN(C)COC(C)(C)C.C[C@]12CC[C@@H](O)C[C@H]1CC[C@@H]1[C@@H]2C(=O)C[C@@]2(C)[C@H]1CC[C@]2(O)C(=O)CO. The van der Waals surface area contributed by atoms with Crippen molar-refractivity contribution in [1.82, 2.24) is 4.90 Å². The van der Waals surface area contributed by atoms with Gasteiger partial charge in [-0.25, -0.2) is 0 Å². The third kappa shape index (κ3) is 5.26. The summed E-state index contributed by atoms with van der Waals surface area (Å²) in [7, 11) is 3.98. The van der Waals surface area contributed by atoms with E-state index >= 15 is 0 Å². The van der Waals surface area contributed by atoms with Gasteiger partial charge in [0.25, 0.3) is 0 Å². The zero-order valence-corrected chi connectivity index (χ0v) is 23.0. The second-order valence-electron chi connectivity index (χ2n) is 13.5. The number of carbonyl (C=O) groups excluding carboxylic acids is 2. The van der Waals surface area contributed by atoms with Gasteiger partial charge in [-0.2, -0.15) is 0 Å². The van der Waals surface area contributed by atoms with Crippen LogP contribution in [0.2, 0.25) is 0 Å². The number of fused-ring (bicyclic) bond motifs is 5. The third-order valence-corrected chi connectivity index (χ3v) is 9.84. The summed E-state index contributed by atoms with van der Waals surface area (Å²) >= 11 is 0. The van der Waals surface area contributed by atoms with E-state index in [1.165, 1.54) is 0 Å². The number of hydrogen-bond acceptors (Lipinski definition) is 7. The molecule has 4 fully saturated rings. The molecule has 0 aromatic rings. The van der Waals surface area contributed by atoms with Crippen molar-refractivity contribution in [2.24, 2.45) is 34.5 Å². The standard InChI is InChI=1S/C21H32O5.C7H17NO/c1-19-7-5-13(23)9-12(19)3-4-14-15-6-8-21(26,17(25)11-22)20(15,2)10-16(24)18(14)19;1-7(2,3)9-6-8(4)5/h12-15,18,22-23,26H,3-11H2,1-2H3;6H2,1-5H3/t12-,13-,14+,15+,18-,19+,20+,21+;/m1./s1. The first-order valence-corrected chi connectivity index (χ1v) is 13.4. The summed E-state index contributed by atoms with van der Waals surface area (Å²) in [5.74, 6) is 0.380. The third-order valence-electron chi connectivity index (χ3n) is 9.84. The van der Waals surface area contributed by atoms with Crippen LogP contribution in [0.5, 0.6) is 0 Å². The van der Waals surface area contributed by atoms with Crippen LogP contribution in [0.4, 0.5) is 0 Å². The molecule has 4 saturated carbocycles. The van der Waals surface area contributed by atoms with Gasteiger partial charge in [0.1, 0.15) is 18.0 Å². The number of nitrogens with zero attached hydrogens (tertiary/aromatic N) is 1. The number of ketones is 2. The summed E-state index contributed by atoms with van der Waals surface area (Å²) < 4.78 is 5.42. The monoisotopic (exact) mass is 495 g/mol. The Balaban J connectivity index is 0.000000327. The average molecular weight is 496 g/mol. The molecule has 0 saturated heterocycles. The first kappa shape index (κ1) is 28.7. The van der Waals surface area contributed by atoms with Crippen molar-refractivity contribution in [3.63, 3.8) is 0 Å². The van der Waals surface area contributed by atoms with Crippen molar-refractivity contribution < 1.29 is 29.6 Å². The average Bonchev–Trinajstić information content (AvgIpc) is 3.03. The molecular weight excluding hydrogens is 446 g/mol. The highest BCUT2D eigenvalue weighted by Crippen LogP contribution is 2.67. The number of Topliss-reactive ketones (excluding diaryl/α,β-unsaturated/α-hetero) is 2. The van der Waals surface area contributed by atoms with Gasteiger partial charge in [-0.05, 0) is 103 Å². The number of rotatable bonds is 4. The van der Waals surface area contributed by atoms with Crippen LogP contribution in [0, 0.1) is 34.5 Å². The Morgan fingerprint density at radius 2 is 1.77 bits per heavy atom. The topological polar surface area (TPSA) is 107 Å². The van der Waals surface area contributed by atoms with Crippen LogP contribution in [0.1, 0.15) is 86.0 Å². The Hall–Kier alpha value is -0.860. The van der Waals surface area contributed by atoms with Crippen molar-refractivity contribution in [2.75, 3.05) is 27.4 Å². The molecule has 4 aliphatic carbocycles. The van der Waals surface area contributed by atoms with E-state index in [0.717, 1.165) is 38.5 Å². The molecule has 35 heavy (non-hydrogen) atoms. The zero-order valence-electron chi connectivity index (χ0n) is 23.0. The van der Waals surface area contributed by atoms with Gasteiger partial charge in [0.2, 0.25) is 0 Å². The molecule has 0 heterocycles. The van der Waals surface area contributed by atoms with Crippen LogP contribution in [0.25, 0.3) is 0 Å². The smallest absolute Gasteiger partial charge is 0.190 e. The summed E-state index contributed by atoms with van der Waals surface area (Å²) in [4.78, 5) is 27.7. The van der Waals surface area contributed by atoms with Gasteiger partial charge < -0.3 is 20.1 Å². The number of hydrogen-bond donors (Lipinski definition) is 3. The van der Waals surface area contributed by atoms with Crippen molar-refractivity contribution in [3.05, 3.63) is 0 Å². The Labute approximate surface area is 211 Å². The van der Waals surface area contributed by atoms with E-state index in [2.05, 4.69) is 27.7 Å². The Morgan fingerprint density at radius 1 is 1.11 bits per heavy atom. The van der Waals surface area contributed by atoms with Gasteiger partial charge in [0, 0.05) is 17.8 Å². The predicted molar refractivity (Wildman–Crippen MR) is 135 cm³/mol. The lowest BCUT2D eigenvalue weighted by atomic mass is 9.44. The van der Waals surface area contributed by atoms with Crippen LogP contribution < -0.4 is 0 Å². The normalized spacial score (nSPS) is 43.1. The molecule has 0 unspecified atom stereocenters. The fourth-order valence-corrected chi connectivity index (χ4v) is 7.97. The molecule has 0 spiro atoms. The molecule has 202 valence electrons. The summed E-state index contributed by atoms with van der Waals surface area (Å²) in [5, 5.41) is 30.6. The Kier molecular flexibility index (Phi) is 8.31. The molecule has 8 atom stereocenters. The maximum absolute atomic E-state index is 13.4. The van der Waals surface area contributed by atoms with Gasteiger partial charge in [-0.1, -0.05) is 13.8 Å². The number of aliphatic hydroxyl groups excluding tert-OH is 2. The quantitative estimate of drug-likeness (QED) is 0.514. The first-order valence-electron chi connectivity index (χ1n) is 13.4. The van der Waals surface area contributed by atoms with E-state index in [4.69, 9.17) is 4.74 Å². The molecule has 7 nitrogen and oxygen atoms in total. The van der Waals surface area contributed by atoms with Crippen molar-refractivity contribution >= 4 is 11.6 Å². The van der Waals surface area contributed by atoms with Crippen LogP contribution in [-0.2, 0) is 14.3 Å². The second-order valence-corrected chi connectivity index (χ2v) is 13.5. The van der Waals surface area contributed by atoms with Crippen molar-refractivity contribution in [2.45, 2.75) is 103 Å². The molecule has 7 heteroatoms. The van der Waals surface area contributed by atoms with E-state index < -0.39 is 23.4 Å². The lowest BCUT2D eigenvalue weighted by Gasteiger charge is -2.60. The van der Waals surface area contributed by atoms with Crippen molar-refractivity contribution in [3.8, 4) is 0 Å². The van der Waals surface area contributed by atoms with E-state index in [9.17, 15) is 24.9 Å². The fourth-order valence-electron chi connectivity index (χ4n) is 7.97. The van der Waals surface area contributed by atoms with E-state index in [0.29, 0.717) is 19.1 Å². The highest BCUT2D eigenvalue weighted by Gasteiger charge is 2.68. The van der Waals surface area contributed by atoms with Crippen LogP contribution >= 0.6 is 0 Å². The molecule has 4 aliphatic rings. The van der Waals surface area contributed by atoms with Gasteiger partial charge in [-0.3, -0.25) is 14.5 Å². The predicted octanol–water partition coefficient (Wildman–Crippen LogP) is 3.18. The minimum absolute atomic E-state index is 0.00965. The summed E-state index contributed by atoms with van der Waals surface area (Å²) in [6.45, 7) is 10.3. The number of ether oxygens (including phenoxy) is 1. The minimum Gasteiger partial charge on any atom is -0.393 e. The minimum atomic E-state index is -1.58. The molecule has 3 N–H and O–H groups in total. The zero-order chi connectivity index (χ0) is 26.4. The van der Waals surface area contributed by atoms with E-state index in [1.807, 2.05) is 25.9 Å². The molecular formula is C28H49NO6. The molecule has 0 aromatic heterocycles. The van der Waals surface area contributed by atoms with Gasteiger partial charge in [-0.15, -0.1) is 0 Å². The molecule has 0 aliphatic heterocycles. The Morgan fingerprint density at radius 3 is 2.31 bits per heavy atom. The molecule has 0 radical (unpaired) electrons. The van der Waals surface area contributed by atoms with Crippen LogP contribution in [0.15, 0.2) is 0 Å². The van der Waals surface area contributed by atoms with Crippen molar-refractivity contribution in [1.29, 1.82) is 0 Å². The highest BCUT2D eigenvalue weighted by atomic mass is 16.5. The van der Waals surface area contributed by atoms with Gasteiger partial charge in [0.05, 0.1) is 18.4 Å². The second kappa shape index (κ2) is 10.1. The van der Waals surface area contributed by atoms with Crippen LogP contribution in [0.3, 0.4) is 0 Å². The largest absolute Gasteiger partial charge is 0.393 e. The maximum atomic E-state index is 13.4.